The third-order valence-corrected chi connectivity index (χ3v) is 6.99. The van der Waals surface area contributed by atoms with Crippen molar-refractivity contribution < 1.29 is 17.9 Å². The molecule has 1 saturated heterocycles. The van der Waals surface area contributed by atoms with Crippen LogP contribution in [0.25, 0.3) is 11.3 Å². The van der Waals surface area contributed by atoms with Crippen molar-refractivity contribution in [1.82, 2.24) is 14.9 Å². The highest BCUT2D eigenvalue weighted by Crippen LogP contribution is 2.32. The van der Waals surface area contributed by atoms with Gasteiger partial charge in [-0.2, -0.15) is 5.10 Å². The molecule has 1 aliphatic heterocycles. The Bertz CT molecular complexity index is 1060. The number of hydrogen-bond acceptors (Lipinski definition) is 6. The zero-order valence-electron chi connectivity index (χ0n) is 16.4. The molecule has 4 rings (SSSR count). The summed E-state index contributed by atoms with van der Waals surface area (Å²) in [5, 5.41) is 6.79. The van der Waals surface area contributed by atoms with Crippen LogP contribution in [0.2, 0.25) is 0 Å². The van der Waals surface area contributed by atoms with Gasteiger partial charge in [0.15, 0.2) is 0 Å². The van der Waals surface area contributed by atoms with Gasteiger partial charge in [0.2, 0.25) is 10.0 Å². The Hall–Kier alpha value is -2.23. The number of aromatic nitrogens is 2. The Morgan fingerprint density at radius 2 is 2.03 bits per heavy atom. The van der Waals surface area contributed by atoms with Gasteiger partial charge >= 0.3 is 0 Å². The summed E-state index contributed by atoms with van der Waals surface area (Å²) in [7, 11) is -2.37. The standard InChI is InChI=1S/C20H25N3O5S/c1-27-17-9-8-13(19-15-6-2-3-7-16(15)20(24)23-22-19)11-18(17)29(25,26)21-12-14-5-4-10-28-14/h8-9,11,14,21H,2-7,10,12H2,1H3,(H,23,24). The number of methoxy groups -OCH3 is 1. The predicted molar refractivity (Wildman–Crippen MR) is 108 cm³/mol. The maximum atomic E-state index is 13.0. The monoisotopic (exact) mass is 419 g/mol. The summed E-state index contributed by atoms with van der Waals surface area (Å²) < 4.78 is 39.4. The van der Waals surface area contributed by atoms with Crippen LogP contribution in [0.3, 0.4) is 0 Å². The van der Waals surface area contributed by atoms with Gasteiger partial charge < -0.3 is 9.47 Å². The minimum Gasteiger partial charge on any atom is -0.495 e. The lowest BCUT2D eigenvalue weighted by atomic mass is 9.90. The molecule has 0 radical (unpaired) electrons. The van der Waals surface area contributed by atoms with Crippen LogP contribution in [-0.2, 0) is 27.6 Å². The van der Waals surface area contributed by atoms with Gasteiger partial charge in [-0.1, -0.05) is 0 Å². The fourth-order valence-electron chi connectivity index (χ4n) is 4.02. The van der Waals surface area contributed by atoms with Crippen molar-refractivity contribution in [3.63, 3.8) is 0 Å². The van der Waals surface area contributed by atoms with Crippen LogP contribution in [0.1, 0.15) is 36.8 Å². The normalized spacial score (nSPS) is 19.1. The summed E-state index contributed by atoms with van der Waals surface area (Å²) in [4.78, 5) is 12.2. The molecule has 0 bridgehead atoms. The smallest absolute Gasteiger partial charge is 0.267 e. The number of hydrogen-bond donors (Lipinski definition) is 2. The largest absolute Gasteiger partial charge is 0.495 e. The van der Waals surface area contributed by atoms with Gasteiger partial charge in [-0.3, -0.25) is 4.79 Å². The van der Waals surface area contributed by atoms with Crippen LogP contribution in [0, 0.1) is 0 Å². The molecule has 1 aliphatic carbocycles. The van der Waals surface area contributed by atoms with E-state index in [1.54, 1.807) is 18.2 Å². The minimum atomic E-state index is -3.81. The molecule has 1 atom stereocenters. The van der Waals surface area contributed by atoms with Crippen LogP contribution in [0.4, 0.5) is 0 Å². The second-order valence-electron chi connectivity index (χ2n) is 7.42. The van der Waals surface area contributed by atoms with E-state index in [-0.39, 0.29) is 28.9 Å². The van der Waals surface area contributed by atoms with Crippen LogP contribution >= 0.6 is 0 Å². The maximum absolute atomic E-state index is 13.0. The first kappa shape index (κ1) is 20.1. The van der Waals surface area contributed by atoms with E-state index in [2.05, 4.69) is 14.9 Å². The molecule has 1 aromatic carbocycles. The molecule has 2 N–H and O–H groups in total. The first-order valence-electron chi connectivity index (χ1n) is 9.89. The van der Waals surface area contributed by atoms with E-state index in [1.807, 2.05) is 0 Å². The number of nitrogens with one attached hydrogen (secondary N) is 2. The van der Waals surface area contributed by atoms with Gasteiger partial charge in [-0.05, 0) is 62.3 Å². The summed E-state index contributed by atoms with van der Waals surface area (Å²) in [6.45, 7) is 0.885. The molecule has 29 heavy (non-hydrogen) atoms. The zero-order valence-corrected chi connectivity index (χ0v) is 17.2. The highest BCUT2D eigenvalue weighted by molar-refractivity contribution is 7.89. The third-order valence-electron chi connectivity index (χ3n) is 5.55. The molecule has 1 fully saturated rings. The van der Waals surface area contributed by atoms with Crippen molar-refractivity contribution in [2.75, 3.05) is 20.3 Å². The molecule has 0 spiro atoms. The lowest BCUT2D eigenvalue weighted by Crippen LogP contribution is -2.32. The average Bonchev–Trinajstić information content (AvgIpc) is 3.26. The molecule has 8 nitrogen and oxygen atoms in total. The summed E-state index contributed by atoms with van der Waals surface area (Å²) in [5.41, 5.74) is 2.75. The van der Waals surface area contributed by atoms with E-state index < -0.39 is 10.0 Å². The lowest BCUT2D eigenvalue weighted by molar-refractivity contribution is 0.114. The number of aromatic amines is 1. The molecule has 2 heterocycles. The van der Waals surface area contributed by atoms with Crippen molar-refractivity contribution in [3.8, 4) is 17.0 Å². The van der Waals surface area contributed by atoms with Crippen LogP contribution in [0.5, 0.6) is 5.75 Å². The Balaban J connectivity index is 1.71. The number of sulfonamides is 1. The number of nitrogens with zero attached hydrogens (tertiary/aromatic N) is 1. The van der Waals surface area contributed by atoms with Crippen LogP contribution < -0.4 is 15.0 Å². The highest BCUT2D eigenvalue weighted by Gasteiger charge is 2.25. The fourth-order valence-corrected chi connectivity index (χ4v) is 5.28. The van der Waals surface area contributed by atoms with Gasteiger partial charge in [-0.25, -0.2) is 18.2 Å². The van der Waals surface area contributed by atoms with E-state index in [0.29, 0.717) is 24.3 Å². The molecular formula is C20H25N3O5S. The van der Waals surface area contributed by atoms with Crippen molar-refractivity contribution in [1.29, 1.82) is 0 Å². The van der Waals surface area contributed by atoms with Crippen LogP contribution in [0.15, 0.2) is 27.9 Å². The Kier molecular flexibility index (Phi) is 5.71. The number of benzene rings is 1. The average molecular weight is 420 g/mol. The lowest BCUT2D eigenvalue weighted by Gasteiger charge is -2.18. The predicted octanol–water partition coefficient (Wildman–Crippen LogP) is 1.78. The Labute approximate surface area is 169 Å². The van der Waals surface area contributed by atoms with Gasteiger partial charge in [0.05, 0.1) is 18.9 Å². The van der Waals surface area contributed by atoms with Crippen molar-refractivity contribution >= 4 is 10.0 Å². The molecule has 0 saturated carbocycles. The Morgan fingerprint density at radius 3 is 2.76 bits per heavy atom. The molecule has 1 aromatic heterocycles. The molecule has 1 unspecified atom stereocenters. The van der Waals surface area contributed by atoms with Gasteiger partial charge in [0.25, 0.3) is 5.56 Å². The fraction of sp³-hybridized carbons (Fsp3) is 0.500. The molecule has 2 aliphatic rings. The van der Waals surface area contributed by atoms with Gasteiger partial charge in [-0.15, -0.1) is 0 Å². The first-order chi connectivity index (χ1) is 14.0. The molecule has 156 valence electrons. The number of H-pyrrole nitrogens is 1. The molecule has 9 heteroatoms. The Morgan fingerprint density at radius 1 is 1.24 bits per heavy atom. The van der Waals surface area contributed by atoms with E-state index in [4.69, 9.17) is 9.47 Å². The van der Waals surface area contributed by atoms with E-state index in [9.17, 15) is 13.2 Å². The zero-order chi connectivity index (χ0) is 20.4. The summed E-state index contributed by atoms with van der Waals surface area (Å²) in [6, 6.07) is 4.96. The first-order valence-corrected chi connectivity index (χ1v) is 11.4. The highest BCUT2D eigenvalue weighted by atomic mass is 32.2. The van der Waals surface area contributed by atoms with Crippen LogP contribution in [-0.4, -0.2) is 45.0 Å². The van der Waals surface area contributed by atoms with Crippen molar-refractivity contribution in [2.45, 2.75) is 49.5 Å². The molecular weight excluding hydrogens is 394 g/mol. The van der Waals surface area contributed by atoms with Crippen molar-refractivity contribution in [3.05, 3.63) is 39.7 Å². The quantitative estimate of drug-likeness (QED) is 0.739. The van der Waals surface area contributed by atoms with Gasteiger partial charge in [0.1, 0.15) is 10.6 Å². The SMILES string of the molecule is COc1ccc(-c2n[nH]c(=O)c3c2CCCC3)cc1S(=O)(=O)NCC1CCCO1. The molecule has 0 amide bonds. The number of fused-ring (bicyclic) bond motifs is 1. The molecule has 2 aromatic rings. The van der Waals surface area contributed by atoms with Gasteiger partial charge in [0, 0.05) is 24.3 Å². The third kappa shape index (κ3) is 4.08. The second-order valence-corrected chi connectivity index (χ2v) is 9.15. The number of rotatable bonds is 6. The summed E-state index contributed by atoms with van der Waals surface area (Å²) >= 11 is 0. The van der Waals surface area contributed by atoms with E-state index in [0.717, 1.165) is 43.2 Å². The maximum Gasteiger partial charge on any atom is 0.267 e. The second kappa shape index (κ2) is 8.25. The van der Waals surface area contributed by atoms with E-state index >= 15 is 0 Å². The van der Waals surface area contributed by atoms with Crippen molar-refractivity contribution in [2.24, 2.45) is 0 Å². The topological polar surface area (TPSA) is 110 Å². The minimum absolute atomic E-state index is 0.0491. The van der Waals surface area contributed by atoms with E-state index in [1.165, 1.54) is 7.11 Å². The summed E-state index contributed by atoms with van der Waals surface area (Å²) in [5.74, 6) is 0.256. The summed E-state index contributed by atoms with van der Waals surface area (Å²) in [6.07, 6.45) is 5.09. The number of ether oxygens (including phenoxy) is 2.